The zero-order chi connectivity index (χ0) is 11.5. The van der Waals surface area contributed by atoms with Crippen molar-refractivity contribution in [1.29, 1.82) is 0 Å². The highest BCUT2D eigenvalue weighted by atomic mass is 16.4. The lowest BCUT2D eigenvalue weighted by Crippen LogP contribution is -2.50. The Labute approximate surface area is 91.5 Å². The molecule has 2 N–H and O–H groups in total. The lowest BCUT2D eigenvalue weighted by Gasteiger charge is -2.35. The van der Waals surface area contributed by atoms with E-state index in [0.717, 1.165) is 25.7 Å². The average molecular weight is 214 g/mol. The summed E-state index contributed by atoms with van der Waals surface area (Å²) >= 11 is 0. The van der Waals surface area contributed by atoms with Crippen molar-refractivity contribution in [2.24, 2.45) is 11.8 Å². The number of carbonyl (C=O) groups is 1. The fourth-order valence-electron chi connectivity index (χ4n) is 2.61. The van der Waals surface area contributed by atoms with E-state index in [1.807, 2.05) is 0 Å². The van der Waals surface area contributed by atoms with Crippen LogP contribution in [0.3, 0.4) is 0 Å². The summed E-state index contributed by atoms with van der Waals surface area (Å²) in [5.41, 5.74) is -1.52. The molecule has 0 aliphatic heterocycles. The lowest BCUT2D eigenvalue weighted by molar-refractivity contribution is -0.172. The standard InChI is InChI=1S/C12H22O3/c1-9(2)12(15,11(13)14)10-7-5-3-4-6-8-10/h9-10,15H,3-8H2,1-2H3,(H,13,14). The zero-order valence-corrected chi connectivity index (χ0v) is 9.70. The highest BCUT2D eigenvalue weighted by molar-refractivity contribution is 5.77. The topological polar surface area (TPSA) is 57.5 Å². The molecular weight excluding hydrogens is 192 g/mol. The molecule has 1 rings (SSSR count). The molecule has 15 heavy (non-hydrogen) atoms. The number of hydrogen-bond donors (Lipinski definition) is 2. The third kappa shape index (κ3) is 2.51. The van der Waals surface area contributed by atoms with Gasteiger partial charge in [0.05, 0.1) is 0 Å². The minimum absolute atomic E-state index is 0.0718. The number of hydrogen-bond acceptors (Lipinski definition) is 2. The van der Waals surface area contributed by atoms with Gasteiger partial charge in [0, 0.05) is 0 Å². The van der Waals surface area contributed by atoms with E-state index in [-0.39, 0.29) is 11.8 Å². The van der Waals surface area contributed by atoms with Gasteiger partial charge in [-0.05, 0) is 24.7 Å². The molecule has 0 heterocycles. The van der Waals surface area contributed by atoms with Crippen LogP contribution in [0.4, 0.5) is 0 Å². The Morgan fingerprint density at radius 3 is 2.00 bits per heavy atom. The summed E-state index contributed by atoms with van der Waals surface area (Å²) in [7, 11) is 0. The SMILES string of the molecule is CC(C)C(O)(C(=O)O)C1CCCCCC1. The van der Waals surface area contributed by atoms with E-state index in [1.165, 1.54) is 12.8 Å². The Balaban J connectivity index is 2.82. The minimum atomic E-state index is -1.52. The van der Waals surface area contributed by atoms with Crippen molar-refractivity contribution in [3.8, 4) is 0 Å². The van der Waals surface area contributed by atoms with Gasteiger partial charge in [0.1, 0.15) is 0 Å². The number of aliphatic hydroxyl groups is 1. The summed E-state index contributed by atoms with van der Waals surface area (Å²) in [6, 6.07) is 0. The van der Waals surface area contributed by atoms with Crippen LogP contribution < -0.4 is 0 Å². The highest BCUT2D eigenvalue weighted by Gasteiger charge is 2.46. The average Bonchev–Trinajstić information content (AvgIpc) is 2.43. The summed E-state index contributed by atoms with van der Waals surface area (Å²) in [5, 5.41) is 19.5. The van der Waals surface area contributed by atoms with Gasteiger partial charge in [-0.1, -0.05) is 39.5 Å². The zero-order valence-electron chi connectivity index (χ0n) is 9.70. The summed E-state index contributed by atoms with van der Waals surface area (Å²) in [6.07, 6.45) is 6.14. The predicted octanol–water partition coefficient (Wildman–Crippen LogP) is 2.43. The van der Waals surface area contributed by atoms with Crippen LogP contribution in [0.5, 0.6) is 0 Å². The fourth-order valence-corrected chi connectivity index (χ4v) is 2.61. The normalized spacial score (nSPS) is 23.5. The van der Waals surface area contributed by atoms with Gasteiger partial charge >= 0.3 is 5.97 Å². The van der Waals surface area contributed by atoms with E-state index < -0.39 is 11.6 Å². The fraction of sp³-hybridized carbons (Fsp3) is 0.917. The first-order valence-corrected chi connectivity index (χ1v) is 5.95. The minimum Gasteiger partial charge on any atom is -0.479 e. The molecule has 1 aliphatic rings. The Morgan fingerprint density at radius 2 is 1.67 bits per heavy atom. The smallest absolute Gasteiger partial charge is 0.336 e. The van der Waals surface area contributed by atoms with Crippen LogP contribution in [0, 0.1) is 11.8 Å². The van der Waals surface area contributed by atoms with Gasteiger partial charge in [0.25, 0.3) is 0 Å². The maximum Gasteiger partial charge on any atom is 0.336 e. The van der Waals surface area contributed by atoms with E-state index in [9.17, 15) is 15.0 Å². The Morgan fingerprint density at radius 1 is 1.20 bits per heavy atom. The third-order valence-corrected chi connectivity index (χ3v) is 3.70. The van der Waals surface area contributed by atoms with E-state index in [1.54, 1.807) is 13.8 Å². The Kier molecular flexibility index (Phi) is 4.14. The van der Waals surface area contributed by atoms with Crippen molar-refractivity contribution in [1.82, 2.24) is 0 Å². The Hall–Kier alpha value is -0.570. The van der Waals surface area contributed by atoms with Crippen LogP contribution >= 0.6 is 0 Å². The highest BCUT2D eigenvalue weighted by Crippen LogP contribution is 2.36. The molecule has 0 spiro atoms. The van der Waals surface area contributed by atoms with Gasteiger partial charge < -0.3 is 10.2 Å². The van der Waals surface area contributed by atoms with Gasteiger partial charge in [0.15, 0.2) is 5.60 Å². The molecule has 3 heteroatoms. The van der Waals surface area contributed by atoms with Crippen LogP contribution in [-0.2, 0) is 4.79 Å². The maximum absolute atomic E-state index is 11.2. The molecule has 1 atom stereocenters. The van der Waals surface area contributed by atoms with E-state index >= 15 is 0 Å². The molecule has 0 aromatic rings. The summed E-state index contributed by atoms with van der Waals surface area (Å²) in [5.74, 6) is -1.35. The van der Waals surface area contributed by atoms with E-state index in [4.69, 9.17) is 0 Å². The molecule has 0 amide bonds. The monoisotopic (exact) mass is 214 g/mol. The van der Waals surface area contributed by atoms with Gasteiger partial charge in [-0.15, -0.1) is 0 Å². The van der Waals surface area contributed by atoms with Crippen molar-refractivity contribution in [2.75, 3.05) is 0 Å². The second-order valence-corrected chi connectivity index (χ2v) is 4.97. The largest absolute Gasteiger partial charge is 0.479 e. The molecule has 3 nitrogen and oxygen atoms in total. The van der Waals surface area contributed by atoms with Crippen molar-refractivity contribution in [2.45, 2.75) is 58.0 Å². The van der Waals surface area contributed by atoms with Crippen LogP contribution in [0.15, 0.2) is 0 Å². The second-order valence-electron chi connectivity index (χ2n) is 4.97. The molecule has 1 fully saturated rings. The van der Waals surface area contributed by atoms with Crippen molar-refractivity contribution >= 4 is 5.97 Å². The lowest BCUT2D eigenvalue weighted by atomic mass is 9.75. The van der Waals surface area contributed by atoms with Gasteiger partial charge in [0.2, 0.25) is 0 Å². The summed E-state index contributed by atoms with van der Waals surface area (Å²) in [4.78, 5) is 11.2. The summed E-state index contributed by atoms with van der Waals surface area (Å²) < 4.78 is 0. The first kappa shape index (κ1) is 12.5. The maximum atomic E-state index is 11.2. The van der Waals surface area contributed by atoms with Crippen molar-refractivity contribution in [3.05, 3.63) is 0 Å². The molecule has 0 radical (unpaired) electrons. The first-order valence-electron chi connectivity index (χ1n) is 5.95. The third-order valence-electron chi connectivity index (χ3n) is 3.70. The van der Waals surface area contributed by atoms with Crippen LogP contribution in [0.25, 0.3) is 0 Å². The van der Waals surface area contributed by atoms with Gasteiger partial charge in [-0.2, -0.15) is 0 Å². The van der Waals surface area contributed by atoms with Crippen LogP contribution in [0.2, 0.25) is 0 Å². The number of carboxylic acids is 1. The first-order chi connectivity index (χ1) is 6.99. The van der Waals surface area contributed by atoms with E-state index in [0.29, 0.717) is 0 Å². The van der Waals surface area contributed by atoms with Crippen LogP contribution in [-0.4, -0.2) is 21.8 Å². The number of aliphatic carboxylic acids is 1. The summed E-state index contributed by atoms with van der Waals surface area (Å²) in [6.45, 7) is 3.58. The number of carboxylic acid groups (broad SMARTS) is 1. The molecule has 0 aromatic heterocycles. The van der Waals surface area contributed by atoms with Crippen molar-refractivity contribution in [3.63, 3.8) is 0 Å². The van der Waals surface area contributed by atoms with E-state index in [2.05, 4.69) is 0 Å². The molecular formula is C12H22O3. The van der Waals surface area contributed by atoms with Crippen molar-refractivity contribution < 1.29 is 15.0 Å². The molecule has 1 saturated carbocycles. The van der Waals surface area contributed by atoms with Gasteiger partial charge in [-0.3, -0.25) is 0 Å². The molecule has 1 aliphatic carbocycles. The second kappa shape index (κ2) is 4.97. The quantitative estimate of drug-likeness (QED) is 0.709. The predicted molar refractivity (Wildman–Crippen MR) is 58.6 cm³/mol. The molecule has 0 saturated heterocycles. The van der Waals surface area contributed by atoms with Crippen LogP contribution in [0.1, 0.15) is 52.4 Å². The molecule has 0 bridgehead atoms. The number of rotatable bonds is 3. The van der Waals surface area contributed by atoms with Gasteiger partial charge in [-0.25, -0.2) is 4.79 Å². The Bertz CT molecular complexity index is 217. The molecule has 0 aromatic carbocycles. The molecule has 88 valence electrons. The molecule has 1 unspecified atom stereocenters.